The first-order chi connectivity index (χ1) is 14.6. The zero-order valence-electron chi connectivity index (χ0n) is 16.1. The third-order valence-electron chi connectivity index (χ3n) is 4.44. The highest BCUT2D eigenvalue weighted by Gasteiger charge is 2.18. The molecule has 1 N–H and O–H groups in total. The Bertz CT molecular complexity index is 1150. The van der Waals surface area contributed by atoms with Gasteiger partial charge in [0.15, 0.2) is 5.78 Å². The van der Waals surface area contributed by atoms with Crippen molar-refractivity contribution in [2.45, 2.75) is 18.2 Å². The van der Waals surface area contributed by atoms with E-state index in [2.05, 4.69) is 14.7 Å². The number of nitrogens with zero attached hydrogens (tertiary/aromatic N) is 2. The van der Waals surface area contributed by atoms with Crippen molar-refractivity contribution in [3.05, 3.63) is 101 Å². The molecule has 3 aromatic rings. The van der Waals surface area contributed by atoms with Crippen LogP contribution in [0.5, 0.6) is 0 Å². The third kappa shape index (κ3) is 4.72. The first-order valence-corrected chi connectivity index (χ1v) is 10.5. The van der Waals surface area contributed by atoms with Crippen LogP contribution >= 0.6 is 23.5 Å². The largest absolute Gasteiger partial charge is 0.445 e. The Hall–Kier alpha value is -3.09. The summed E-state index contributed by atoms with van der Waals surface area (Å²) in [5, 5.41) is 0.515. The number of hydrogen-bond donors (Lipinski definition) is 1. The summed E-state index contributed by atoms with van der Waals surface area (Å²) in [5.41, 5.74) is 3.61. The van der Waals surface area contributed by atoms with Crippen molar-refractivity contribution < 1.29 is 9.21 Å². The number of rotatable bonds is 6. The van der Waals surface area contributed by atoms with Crippen LogP contribution in [0.15, 0.2) is 98.9 Å². The van der Waals surface area contributed by atoms with Crippen LogP contribution in [0.2, 0.25) is 0 Å². The summed E-state index contributed by atoms with van der Waals surface area (Å²) in [6.45, 7) is 1.86. The molecule has 1 aliphatic rings. The Morgan fingerprint density at radius 1 is 1.17 bits per heavy atom. The molecule has 0 radical (unpaired) electrons. The van der Waals surface area contributed by atoms with Crippen LogP contribution in [0.3, 0.4) is 0 Å². The number of allylic oxidation sites excluding steroid dienone is 5. The fourth-order valence-corrected chi connectivity index (χ4v) is 3.87. The number of hydrogen-bond acceptors (Lipinski definition) is 6. The Morgan fingerprint density at radius 2 is 2.00 bits per heavy atom. The van der Waals surface area contributed by atoms with Gasteiger partial charge < -0.3 is 9.14 Å². The minimum Gasteiger partial charge on any atom is -0.445 e. The number of ketones is 1. The van der Waals surface area contributed by atoms with Gasteiger partial charge in [0.05, 0.1) is 6.20 Å². The van der Waals surface area contributed by atoms with Crippen molar-refractivity contribution in [3.8, 4) is 11.5 Å². The van der Waals surface area contributed by atoms with Crippen molar-refractivity contribution in [2.24, 2.45) is 0 Å². The number of oxazole rings is 1. The van der Waals surface area contributed by atoms with E-state index in [-0.39, 0.29) is 5.78 Å². The fraction of sp³-hybridized carbons (Fsp3) is 0.0870. The molecule has 0 bridgehead atoms. The molecule has 150 valence electrons. The second-order valence-corrected chi connectivity index (χ2v) is 7.92. The summed E-state index contributed by atoms with van der Waals surface area (Å²) >= 11 is 7.69. The first kappa shape index (κ1) is 20.2. The van der Waals surface area contributed by atoms with Gasteiger partial charge in [-0.05, 0) is 67.4 Å². The minimum atomic E-state index is -0.0929. The molecule has 30 heavy (non-hydrogen) atoms. The van der Waals surface area contributed by atoms with E-state index in [1.165, 1.54) is 11.9 Å². The zero-order chi connectivity index (χ0) is 20.9. The molecule has 0 unspecified atom stereocenters. The van der Waals surface area contributed by atoms with Gasteiger partial charge in [0.2, 0.25) is 5.89 Å². The number of benzene rings is 1. The maximum absolute atomic E-state index is 13.2. The van der Waals surface area contributed by atoms with Gasteiger partial charge >= 0.3 is 0 Å². The Balaban J connectivity index is 1.57. The quantitative estimate of drug-likeness (QED) is 0.386. The van der Waals surface area contributed by atoms with Crippen LogP contribution in [0.4, 0.5) is 0 Å². The Labute approximate surface area is 183 Å². The zero-order valence-corrected chi connectivity index (χ0v) is 17.7. The number of carbonyl (C=O) groups is 1. The number of aryl methyl sites for hydroxylation is 1. The highest BCUT2D eigenvalue weighted by atomic mass is 35.5. The lowest BCUT2D eigenvalue weighted by atomic mass is 10.0. The molecule has 0 saturated heterocycles. The van der Waals surface area contributed by atoms with Gasteiger partial charge in [-0.1, -0.05) is 17.7 Å². The summed E-state index contributed by atoms with van der Waals surface area (Å²) in [6, 6.07) is 11.3. The molecule has 0 aliphatic heterocycles. The summed E-state index contributed by atoms with van der Waals surface area (Å²) in [7, 11) is 0. The number of halogens is 1. The lowest BCUT2D eigenvalue weighted by Crippen LogP contribution is -2.12. The van der Waals surface area contributed by atoms with Gasteiger partial charge in [-0.2, -0.15) is 0 Å². The topological polar surface area (TPSA) is 68.0 Å². The van der Waals surface area contributed by atoms with Crippen molar-refractivity contribution in [3.63, 3.8) is 0 Å². The van der Waals surface area contributed by atoms with Gasteiger partial charge in [0.25, 0.3) is 0 Å². The monoisotopic (exact) mass is 435 g/mol. The van der Waals surface area contributed by atoms with E-state index in [0.29, 0.717) is 28.5 Å². The first-order valence-electron chi connectivity index (χ1n) is 9.27. The van der Waals surface area contributed by atoms with Gasteiger partial charge in [-0.25, -0.2) is 4.98 Å². The molecular formula is C23H18ClN3O2S. The van der Waals surface area contributed by atoms with Gasteiger partial charge in [-0.15, -0.1) is 0 Å². The average Bonchev–Trinajstić information content (AvgIpc) is 3.23. The van der Waals surface area contributed by atoms with Crippen LogP contribution in [0, 0.1) is 6.92 Å². The number of carbonyl (C=O) groups excluding carboxylic acids is 1. The van der Waals surface area contributed by atoms with E-state index >= 15 is 0 Å². The normalized spacial score (nSPS) is 13.7. The van der Waals surface area contributed by atoms with E-state index in [1.807, 2.05) is 37.3 Å². The van der Waals surface area contributed by atoms with Crippen LogP contribution in [0.25, 0.3) is 11.5 Å². The molecule has 2 heterocycles. The molecule has 0 saturated carbocycles. The van der Waals surface area contributed by atoms with E-state index < -0.39 is 0 Å². The number of aromatic nitrogens is 2. The summed E-state index contributed by atoms with van der Waals surface area (Å²) in [6.07, 6.45) is 10.8. The third-order valence-corrected chi connectivity index (χ3v) is 5.53. The van der Waals surface area contributed by atoms with Crippen LogP contribution in [-0.2, 0) is 0 Å². The summed E-state index contributed by atoms with van der Waals surface area (Å²) in [4.78, 5) is 22.5. The smallest absolute Gasteiger partial charge is 0.225 e. The predicted molar refractivity (Wildman–Crippen MR) is 119 cm³/mol. The standard InChI is InChI=1S/C23H18ClN3O2S/c1-15-13-17(9-10-25-15)22(28)20-14-18(24)3-2-4-21(20)27-30-19-7-5-16(6-8-19)23-26-11-12-29-23/h2-3,5-14,27H,4H2,1H3. The molecule has 0 spiro atoms. The van der Waals surface area contributed by atoms with Crippen molar-refractivity contribution in [2.75, 3.05) is 0 Å². The second kappa shape index (κ2) is 9.15. The van der Waals surface area contributed by atoms with Crippen molar-refractivity contribution in [1.82, 2.24) is 14.7 Å². The predicted octanol–water partition coefficient (Wildman–Crippen LogP) is 5.86. The number of nitrogens with one attached hydrogen (secondary N) is 1. The summed E-state index contributed by atoms with van der Waals surface area (Å²) < 4.78 is 8.65. The van der Waals surface area contributed by atoms with E-state index in [9.17, 15) is 4.79 Å². The molecule has 5 nitrogen and oxygen atoms in total. The van der Waals surface area contributed by atoms with Gasteiger partial charge in [0, 0.05) is 50.6 Å². The maximum Gasteiger partial charge on any atom is 0.225 e. The molecule has 4 rings (SSSR count). The molecule has 1 aromatic carbocycles. The number of pyridine rings is 1. The van der Waals surface area contributed by atoms with Gasteiger partial charge in [0.1, 0.15) is 6.26 Å². The SMILES string of the molecule is Cc1cc(C(=O)C2=C(NSc3ccc(-c4ncco4)cc3)CC=CC(Cl)=C2)ccn1. The van der Waals surface area contributed by atoms with Crippen molar-refractivity contribution >= 4 is 29.3 Å². The van der Waals surface area contributed by atoms with Crippen LogP contribution < -0.4 is 4.72 Å². The average molecular weight is 436 g/mol. The van der Waals surface area contributed by atoms with Crippen LogP contribution in [-0.4, -0.2) is 15.8 Å². The highest BCUT2D eigenvalue weighted by Crippen LogP contribution is 2.27. The van der Waals surface area contributed by atoms with Crippen molar-refractivity contribution in [1.29, 1.82) is 0 Å². The molecule has 1 aliphatic carbocycles. The molecular weight excluding hydrogens is 418 g/mol. The lowest BCUT2D eigenvalue weighted by molar-refractivity contribution is 0.103. The number of Topliss-reactive ketones (excluding diaryl/α,β-unsaturated/α-hetero) is 1. The molecule has 0 amide bonds. The van der Waals surface area contributed by atoms with E-state index in [4.69, 9.17) is 16.0 Å². The fourth-order valence-electron chi connectivity index (χ4n) is 2.97. The Morgan fingerprint density at radius 3 is 2.73 bits per heavy atom. The lowest BCUT2D eigenvalue weighted by Gasteiger charge is -2.13. The second-order valence-electron chi connectivity index (χ2n) is 6.61. The maximum atomic E-state index is 13.2. The molecule has 0 atom stereocenters. The Kier molecular flexibility index (Phi) is 6.16. The molecule has 0 fully saturated rings. The minimum absolute atomic E-state index is 0.0929. The van der Waals surface area contributed by atoms with Crippen LogP contribution in [0.1, 0.15) is 22.5 Å². The van der Waals surface area contributed by atoms with E-state index in [1.54, 1.807) is 42.9 Å². The van der Waals surface area contributed by atoms with Gasteiger partial charge in [-0.3, -0.25) is 9.78 Å². The summed E-state index contributed by atoms with van der Waals surface area (Å²) in [5.74, 6) is 0.487. The van der Waals surface area contributed by atoms with E-state index in [0.717, 1.165) is 21.8 Å². The highest BCUT2D eigenvalue weighted by molar-refractivity contribution is 7.97. The molecule has 2 aromatic heterocycles. The molecule has 7 heteroatoms.